The number of carbonyl (C=O) groups excluding carboxylic acids is 2. The Bertz CT molecular complexity index is 1440. The molecule has 1 fully saturated rings. The smallest absolute Gasteiger partial charge is 0.407 e. The summed E-state index contributed by atoms with van der Waals surface area (Å²) >= 11 is 7.52. The van der Waals surface area contributed by atoms with Crippen LogP contribution < -0.4 is 21.7 Å². The van der Waals surface area contributed by atoms with Gasteiger partial charge in [0.25, 0.3) is 5.56 Å². The standard InChI is InChI=1S/C27H38ClN4O10PS/c1-5-39-25(37)29-17-26(2,3)23(35)44-14-13-40-43(38,30-15-18-9-7-6-8-10-18)41-16-19-21(34)27(4,28)22(42-19)32-12-11-20(33)31-24(32)36/h6-12,19,21-22,34H,5,13-17H2,1-4H3,(H,29,37)(H,30,38)(H,31,33,36)/t19-,21-,22-,27-,43+/m1/s1. The van der Waals surface area contributed by atoms with E-state index in [1.807, 2.05) is 30.3 Å². The van der Waals surface area contributed by atoms with Crippen LogP contribution >= 0.6 is 31.1 Å². The molecule has 1 saturated heterocycles. The zero-order valence-electron chi connectivity index (χ0n) is 24.8. The molecule has 0 saturated carbocycles. The van der Waals surface area contributed by atoms with Gasteiger partial charge in [-0.1, -0.05) is 55.9 Å². The summed E-state index contributed by atoms with van der Waals surface area (Å²) in [6, 6.07) is 10.2. The van der Waals surface area contributed by atoms with E-state index in [0.29, 0.717) is 0 Å². The number of benzene rings is 1. The summed E-state index contributed by atoms with van der Waals surface area (Å²) in [7, 11) is -4.05. The Balaban J connectivity index is 1.63. The maximum Gasteiger partial charge on any atom is 0.407 e. The molecule has 17 heteroatoms. The molecule has 2 aromatic rings. The Morgan fingerprint density at radius 1 is 1.23 bits per heavy atom. The molecule has 4 N–H and O–H groups in total. The molecule has 1 amide bonds. The van der Waals surface area contributed by atoms with Gasteiger partial charge in [0.2, 0.25) is 0 Å². The van der Waals surface area contributed by atoms with Crippen LogP contribution in [0.3, 0.4) is 0 Å². The number of aromatic nitrogens is 2. The van der Waals surface area contributed by atoms with E-state index in [2.05, 4.69) is 15.4 Å². The average molecular weight is 677 g/mol. The van der Waals surface area contributed by atoms with E-state index < -0.39 is 60.4 Å². The Labute approximate surface area is 263 Å². The maximum absolute atomic E-state index is 13.8. The molecule has 244 valence electrons. The molecule has 0 aliphatic carbocycles. The third kappa shape index (κ3) is 9.75. The Hall–Kier alpha value is -2.49. The highest BCUT2D eigenvalue weighted by molar-refractivity contribution is 8.13. The zero-order chi connectivity index (χ0) is 32.5. The van der Waals surface area contributed by atoms with E-state index in [1.54, 1.807) is 20.8 Å². The molecular formula is C27H38ClN4O10PS. The lowest BCUT2D eigenvalue weighted by molar-refractivity contribution is -0.117. The fraction of sp³-hybridized carbons (Fsp3) is 0.556. The number of aliphatic hydroxyl groups is 1. The lowest BCUT2D eigenvalue weighted by Gasteiger charge is -2.26. The van der Waals surface area contributed by atoms with Crippen LogP contribution in [0.4, 0.5) is 4.79 Å². The topological polar surface area (TPSA) is 187 Å². The van der Waals surface area contributed by atoms with Gasteiger partial charge >= 0.3 is 19.5 Å². The highest BCUT2D eigenvalue weighted by Crippen LogP contribution is 2.47. The minimum atomic E-state index is -4.05. The van der Waals surface area contributed by atoms with E-state index in [4.69, 9.17) is 30.1 Å². The fourth-order valence-corrected chi connectivity index (χ4v) is 6.62. The maximum atomic E-state index is 13.8. The first-order valence-corrected chi connectivity index (χ1v) is 16.7. The van der Waals surface area contributed by atoms with Gasteiger partial charge in [0, 0.05) is 31.1 Å². The van der Waals surface area contributed by atoms with Crippen molar-refractivity contribution in [1.82, 2.24) is 20.0 Å². The number of aliphatic hydroxyl groups excluding tert-OH is 1. The van der Waals surface area contributed by atoms with E-state index in [-0.39, 0.29) is 37.2 Å². The fourth-order valence-electron chi connectivity index (χ4n) is 4.08. The van der Waals surface area contributed by atoms with Gasteiger partial charge in [0.05, 0.1) is 25.2 Å². The first-order chi connectivity index (χ1) is 20.7. The van der Waals surface area contributed by atoms with E-state index in [0.717, 1.165) is 28.0 Å². The molecule has 1 aliphatic heterocycles. The highest BCUT2D eigenvalue weighted by atomic mass is 35.5. The van der Waals surface area contributed by atoms with Gasteiger partial charge in [-0.05, 0) is 19.4 Å². The number of nitrogens with zero attached hydrogens (tertiary/aromatic N) is 1. The number of ether oxygens (including phenoxy) is 2. The number of amides is 1. The monoisotopic (exact) mass is 676 g/mol. The molecule has 14 nitrogen and oxygen atoms in total. The number of thioether (sulfide) groups is 1. The summed E-state index contributed by atoms with van der Waals surface area (Å²) in [4.78, 5) is 48.8. The van der Waals surface area contributed by atoms with Crippen LogP contribution in [0, 0.1) is 5.41 Å². The van der Waals surface area contributed by atoms with E-state index in [9.17, 15) is 28.8 Å². The Morgan fingerprint density at radius 3 is 2.59 bits per heavy atom. The minimum Gasteiger partial charge on any atom is -0.450 e. The second-order valence-electron chi connectivity index (χ2n) is 10.7. The van der Waals surface area contributed by atoms with E-state index >= 15 is 0 Å². The summed E-state index contributed by atoms with van der Waals surface area (Å²) in [5.74, 6) is 0.127. The number of alkyl carbamates (subject to hydrolysis) is 1. The van der Waals surface area contributed by atoms with Crippen LogP contribution in [0.25, 0.3) is 0 Å². The van der Waals surface area contributed by atoms with Crippen molar-refractivity contribution in [2.24, 2.45) is 5.41 Å². The van der Waals surface area contributed by atoms with Crippen molar-refractivity contribution in [2.75, 3.05) is 32.1 Å². The summed E-state index contributed by atoms with van der Waals surface area (Å²) in [6.45, 7) is 6.30. The largest absolute Gasteiger partial charge is 0.450 e. The quantitative estimate of drug-likeness (QED) is 0.123. The number of alkyl halides is 1. The number of carbonyl (C=O) groups is 2. The van der Waals surface area contributed by atoms with Crippen molar-refractivity contribution in [3.63, 3.8) is 0 Å². The molecule has 3 rings (SSSR count). The van der Waals surface area contributed by atoms with Gasteiger partial charge in [0.15, 0.2) is 11.3 Å². The number of rotatable bonds is 15. The lowest BCUT2D eigenvalue weighted by atomic mass is 9.96. The number of H-pyrrole nitrogens is 1. The molecule has 0 radical (unpaired) electrons. The number of aromatic amines is 1. The zero-order valence-corrected chi connectivity index (χ0v) is 27.3. The van der Waals surface area contributed by atoms with Crippen LogP contribution in [0.15, 0.2) is 52.2 Å². The van der Waals surface area contributed by atoms with Crippen molar-refractivity contribution in [3.05, 3.63) is 69.0 Å². The van der Waals surface area contributed by atoms with E-state index in [1.165, 1.54) is 13.1 Å². The van der Waals surface area contributed by atoms with Crippen molar-refractivity contribution in [3.8, 4) is 0 Å². The first-order valence-electron chi connectivity index (χ1n) is 13.8. The Kier molecular flexibility index (Phi) is 12.8. The number of nitrogens with one attached hydrogen (secondary N) is 3. The van der Waals surface area contributed by atoms with Crippen LogP contribution in [0.5, 0.6) is 0 Å². The summed E-state index contributed by atoms with van der Waals surface area (Å²) < 4.78 is 36.8. The van der Waals surface area contributed by atoms with Crippen LogP contribution in [-0.4, -0.2) is 75.1 Å². The minimum absolute atomic E-state index is 0.0636. The van der Waals surface area contributed by atoms with Crippen molar-refractivity contribution in [2.45, 2.75) is 57.5 Å². The molecule has 5 atom stereocenters. The lowest BCUT2D eigenvalue weighted by Crippen LogP contribution is -2.43. The summed E-state index contributed by atoms with van der Waals surface area (Å²) in [6.07, 6.45) is -3.09. The molecule has 44 heavy (non-hydrogen) atoms. The van der Waals surface area contributed by atoms with Crippen molar-refractivity contribution in [1.29, 1.82) is 0 Å². The molecule has 1 aromatic heterocycles. The van der Waals surface area contributed by atoms with Gasteiger partial charge < -0.3 is 19.9 Å². The van der Waals surface area contributed by atoms with Crippen LogP contribution in [0.2, 0.25) is 0 Å². The Morgan fingerprint density at radius 2 is 1.93 bits per heavy atom. The molecule has 1 aliphatic rings. The van der Waals surface area contributed by atoms with Crippen molar-refractivity contribution < 1.29 is 37.8 Å². The van der Waals surface area contributed by atoms with Gasteiger partial charge in [-0.3, -0.25) is 28.2 Å². The van der Waals surface area contributed by atoms with Gasteiger partial charge in [-0.15, -0.1) is 11.6 Å². The predicted molar refractivity (Wildman–Crippen MR) is 165 cm³/mol. The molecule has 0 bridgehead atoms. The van der Waals surface area contributed by atoms with Gasteiger partial charge in [0.1, 0.15) is 17.1 Å². The first kappa shape index (κ1) is 36.0. The van der Waals surface area contributed by atoms with Crippen LogP contribution in [0.1, 0.15) is 39.5 Å². The van der Waals surface area contributed by atoms with Gasteiger partial charge in [-0.25, -0.2) is 19.2 Å². The molecule has 2 heterocycles. The summed E-state index contributed by atoms with van der Waals surface area (Å²) in [5, 5.41) is 16.0. The highest BCUT2D eigenvalue weighted by Gasteiger charge is 2.54. The van der Waals surface area contributed by atoms with Crippen molar-refractivity contribution >= 4 is 42.3 Å². The number of halogens is 1. The average Bonchev–Trinajstić information content (AvgIpc) is 3.20. The van der Waals surface area contributed by atoms with Gasteiger partial charge in [-0.2, -0.15) is 0 Å². The van der Waals surface area contributed by atoms with Crippen LogP contribution in [-0.2, 0) is 34.4 Å². The molecule has 0 spiro atoms. The SMILES string of the molecule is CCOC(=O)NCC(C)(C)C(=O)SCCO[P@@](=O)(NCc1ccccc1)OC[C@H]1O[C@@H](n2ccc(=O)[nH]c2=O)[C@](C)(Cl)[C@@H]1O. The third-order valence-electron chi connectivity index (χ3n) is 6.63. The second-order valence-corrected chi connectivity index (χ2v) is 14.4. The number of hydrogen-bond donors (Lipinski definition) is 4. The number of hydrogen-bond acceptors (Lipinski definition) is 11. The molecular weight excluding hydrogens is 639 g/mol. The second kappa shape index (κ2) is 15.7. The molecule has 0 unspecified atom stereocenters. The molecule has 1 aromatic carbocycles. The predicted octanol–water partition coefficient (Wildman–Crippen LogP) is 2.76. The summed E-state index contributed by atoms with van der Waals surface area (Å²) in [5.41, 5.74) is -1.50. The normalized spacial score (nSPS) is 23.2. The third-order valence-corrected chi connectivity index (χ3v) is 9.78.